The van der Waals surface area contributed by atoms with Crippen LogP contribution in [-0.2, 0) is 4.79 Å². The second-order valence-corrected chi connectivity index (χ2v) is 6.57. The van der Waals surface area contributed by atoms with Crippen molar-refractivity contribution in [3.63, 3.8) is 0 Å². The van der Waals surface area contributed by atoms with Crippen LogP contribution in [0.5, 0.6) is 0 Å². The van der Waals surface area contributed by atoms with Gasteiger partial charge in [0.25, 0.3) is 0 Å². The van der Waals surface area contributed by atoms with Crippen molar-refractivity contribution >= 4 is 17.8 Å². The number of rotatable bonds is 4. The Morgan fingerprint density at radius 1 is 0.857 bits per heavy atom. The quantitative estimate of drug-likeness (QED) is 0.660. The van der Waals surface area contributed by atoms with Crippen molar-refractivity contribution < 1.29 is 4.79 Å². The first kappa shape index (κ1) is 17.9. The zero-order valence-electron chi connectivity index (χ0n) is 15.5. The molecule has 0 saturated carbocycles. The zero-order chi connectivity index (χ0) is 19.2. The number of hydrogen-bond donors (Lipinski definition) is 0. The van der Waals surface area contributed by atoms with Gasteiger partial charge in [0, 0.05) is 50.2 Å². The lowest BCUT2D eigenvalue weighted by atomic mass is 10.2. The van der Waals surface area contributed by atoms with E-state index in [0.29, 0.717) is 13.1 Å². The van der Waals surface area contributed by atoms with Gasteiger partial charge < -0.3 is 9.80 Å². The Labute approximate surface area is 164 Å². The van der Waals surface area contributed by atoms with Crippen molar-refractivity contribution in [1.29, 1.82) is 0 Å². The highest BCUT2D eigenvalue weighted by Gasteiger charge is 2.20. The summed E-state index contributed by atoms with van der Waals surface area (Å²) >= 11 is 0. The second-order valence-electron chi connectivity index (χ2n) is 6.57. The number of hydrogen-bond acceptors (Lipinski definition) is 5. The molecule has 1 aromatic carbocycles. The minimum absolute atomic E-state index is 0.0441. The second kappa shape index (κ2) is 8.43. The Hall–Kier alpha value is -3.54. The van der Waals surface area contributed by atoms with E-state index in [1.165, 1.54) is 0 Å². The Kier molecular flexibility index (Phi) is 5.38. The van der Waals surface area contributed by atoms with E-state index in [-0.39, 0.29) is 5.91 Å². The van der Waals surface area contributed by atoms with Crippen molar-refractivity contribution in [1.82, 2.24) is 20.1 Å². The highest BCUT2D eigenvalue weighted by molar-refractivity contribution is 5.91. The van der Waals surface area contributed by atoms with Crippen molar-refractivity contribution in [2.75, 3.05) is 31.1 Å². The van der Waals surface area contributed by atoms with Gasteiger partial charge in [0.1, 0.15) is 0 Å². The van der Waals surface area contributed by atoms with Gasteiger partial charge in [0.15, 0.2) is 5.82 Å². The summed E-state index contributed by atoms with van der Waals surface area (Å²) < 4.78 is 0. The molecule has 28 heavy (non-hydrogen) atoms. The Morgan fingerprint density at radius 2 is 1.61 bits per heavy atom. The first-order valence-electron chi connectivity index (χ1n) is 9.31. The largest absolute Gasteiger partial charge is 0.352 e. The predicted molar refractivity (Wildman–Crippen MR) is 110 cm³/mol. The molecule has 3 aromatic rings. The minimum Gasteiger partial charge on any atom is -0.352 e. The molecule has 1 amide bonds. The van der Waals surface area contributed by atoms with Crippen LogP contribution >= 0.6 is 0 Å². The Balaban J connectivity index is 1.34. The smallest absolute Gasteiger partial charge is 0.246 e. The van der Waals surface area contributed by atoms with E-state index in [1.54, 1.807) is 18.5 Å². The highest BCUT2D eigenvalue weighted by Crippen LogP contribution is 2.18. The van der Waals surface area contributed by atoms with Gasteiger partial charge >= 0.3 is 0 Å². The van der Waals surface area contributed by atoms with Crippen LogP contribution in [0.1, 0.15) is 5.56 Å². The van der Waals surface area contributed by atoms with Crippen molar-refractivity contribution in [3.05, 3.63) is 78.6 Å². The molecule has 0 bridgehead atoms. The standard InChI is InChI=1S/C22H21N5O/c28-22(9-6-18-4-2-1-3-5-18)27-16-14-26(15-17-27)21-8-7-20(24-25-21)19-10-12-23-13-11-19/h1-13H,14-17H2. The molecule has 0 radical (unpaired) electrons. The number of pyridine rings is 1. The van der Waals surface area contributed by atoms with Crippen LogP contribution in [-0.4, -0.2) is 52.2 Å². The van der Waals surface area contributed by atoms with E-state index in [4.69, 9.17) is 0 Å². The van der Waals surface area contributed by atoms with Gasteiger partial charge in [-0.15, -0.1) is 10.2 Å². The number of carbonyl (C=O) groups is 1. The summed E-state index contributed by atoms with van der Waals surface area (Å²) in [7, 11) is 0. The average Bonchev–Trinajstić information content (AvgIpc) is 2.79. The molecule has 1 fully saturated rings. The number of carbonyl (C=O) groups excluding carboxylic acids is 1. The Bertz CT molecular complexity index is 934. The third-order valence-electron chi connectivity index (χ3n) is 4.76. The monoisotopic (exact) mass is 371 g/mol. The minimum atomic E-state index is 0.0441. The third-order valence-corrected chi connectivity index (χ3v) is 4.76. The maximum absolute atomic E-state index is 12.4. The maximum atomic E-state index is 12.4. The number of piperazine rings is 1. The maximum Gasteiger partial charge on any atom is 0.246 e. The molecule has 0 spiro atoms. The average molecular weight is 371 g/mol. The molecule has 2 aromatic heterocycles. The fourth-order valence-electron chi connectivity index (χ4n) is 3.16. The number of nitrogens with zero attached hydrogens (tertiary/aromatic N) is 5. The van der Waals surface area contributed by atoms with E-state index in [9.17, 15) is 4.79 Å². The number of amides is 1. The Morgan fingerprint density at radius 3 is 2.29 bits per heavy atom. The van der Waals surface area contributed by atoms with Gasteiger partial charge in [-0.3, -0.25) is 9.78 Å². The zero-order valence-corrected chi connectivity index (χ0v) is 15.5. The molecular formula is C22H21N5O. The van der Waals surface area contributed by atoms with Gasteiger partial charge in [-0.1, -0.05) is 30.3 Å². The summed E-state index contributed by atoms with van der Waals surface area (Å²) in [5.74, 6) is 0.882. The van der Waals surface area contributed by atoms with E-state index in [2.05, 4.69) is 20.1 Å². The summed E-state index contributed by atoms with van der Waals surface area (Å²) in [6.07, 6.45) is 6.99. The molecule has 140 valence electrons. The molecule has 4 rings (SSSR count). The lowest BCUT2D eigenvalue weighted by Gasteiger charge is -2.34. The van der Waals surface area contributed by atoms with E-state index in [1.807, 2.05) is 65.6 Å². The highest BCUT2D eigenvalue weighted by atomic mass is 16.2. The van der Waals surface area contributed by atoms with Crippen LogP contribution in [0.4, 0.5) is 5.82 Å². The molecule has 6 nitrogen and oxygen atoms in total. The SMILES string of the molecule is O=C(C=Cc1ccccc1)N1CCN(c2ccc(-c3ccncc3)nn2)CC1. The number of benzene rings is 1. The predicted octanol–water partition coefficient (Wildman–Crippen LogP) is 2.90. The van der Waals surface area contributed by atoms with E-state index >= 15 is 0 Å². The lowest BCUT2D eigenvalue weighted by molar-refractivity contribution is -0.126. The topological polar surface area (TPSA) is 62.2 Å². The lowest BCUT2D eigenvalue weighted by Crippen LogP contribution is -2.48. The van der Waals surface area contributed by atoms with Gasteiger partial charge in [0.2, 0.25) is 5.91 Å². The third kappa shape index (κ3) is 4.23. The molecule has 6 heteroatoms. The van der Waals surface area contributed by atoms with Crippen LogP contribution in [0.25, 0.3) is 17.3 Å². The van der Waals surface area contributed by atoms with Gasteiger partial charge in [-0.05, 0) is 35.9 Å². The van der Waals surface area contributed by atoms with Crippen LogP contribution in [0, 0.1) is 0 Å². The molecule has 1 aliphatic rings. The number of anilines is 1. The molecule has 1 saturated heterocycles. The number of aromatic nitrogens is 3. The fourth-order valence-corrected chi connectivity index (χ4v) is 3.16. The summed E-state index contributed by atoms with van der Waals surface area (Å²) in [5, 5.41) is 8.69. The first-order chi connectivity index (χ1) is 13.8. The fraction of sp³-hybridized carbons (Fsp3) is 0.182. The summed E-state index contributed by atoms with van der Waals surface area (Å²) in [6.45, 7) is 2.83. The van der Waals surface area contributed by atoms with Crippen molar-refractivity contribution in [2.24, 2.45) is 0 Å². The molecular weight excluding hydrogens is 350 g/mol. The summed E-state index contributed by atoms with van der Waals surface area (Å²) in [4.78, 5) is 20.5. The summed E-state index contributed by atoms with van der Waals surface area (Å²) in [5.41, 5.74) is 2.85. The molecule has 0 unspecified atom stereocenters. The molecule has 0 N–H and O–H groups in total. The summed E-state index contributed by atoms with van der Waals surface area (Å²) in [6, 6.07) is 17.6. The first-order valence-corrected chi connectivity index (χ1v) is 9.31. The molecule has 0 aliphatic carbocycles. The van der Waals surface area contributed by atoms with Crippen molar-refractivity contribution in [2.45, 2.75) is 0 Å². The van der Waals surface area contributed by atoms with Crippen LogP contribution in [0.3, 0.4) is 0 Å². The van der Waals surface area contributed by atoms with Crippen LogP contribution < -0.4 is 4.90 Å². The molecule has 3 heterocycles. The molecule has 1 aliphatic heterocycles. The van der Waals surface area contributed by atoms with Crippen molar-refractivity contribution in [3.8, 4) is 11.3 Å². The molecule has 0 atom stereocenters. The van der Waals surface area contributed by atoms with Crippen LogP contribution in [0.15, 0.2) is 73.1 Å². The van der Waals surface area contributed by atoms with Gasteiger partial charge in [-0.25, -0.2) is 0 Å². The van der Waals surface area contributed by atoms with Crippen LogP contribution in [0.2, 0.25) is 0 Å². The van der Waals surface area contributed by atoms with E-state index < -0.39 is 0 Å². The van der Waals surface area contributed by atoms with Gasteiger partial charge in [-0.2, -0.15) is 0 Å². The van der Waals surface area contributed by atoms with E-state index in [0.717, 1.165) is 35.7 Å². The van der Waals surface area contributed by atoms with Gasteiger partial charge in [0.05, 0.1) is 5.69 Å². The normalized spacial score (nSPS) is 14.4.